The Hall–Kier alpha value is -1.82. The van der Waals surface area contributed by atoms with E-state index in [4.69, 9.17) is 27.9 Å². The molecule has 2 aromatic carbocycles. The zero-order chi connectivity index (χ0) is 17.6. The minimum Gasteiger partial charge on any atom is -0.497 e. The van der Waals surface area contributed by atoms with Crippen LogP contribution >= 0.6 is 34.5 Å². The number of anilines is 1. The molecule has 0 unspecified atom stereocenters. The van der Waals surface area contributed by atoms with Gasteiger partial charge in [-0.2, -0.15) is 0 Å². The molecule has 25 heavy (non-hydrogen) atoms. The van der Waals surface area contributed by atoms with Gasteiger partial charge in [-0.3, -0.25) is 4.79 Å². The fourth-order valence-corrected chi connectivity index (χ4v) is 4.37. The molecule has 1 aliphatic rings. The lowest BCUT2D eigenvalue weighted by atomic mass is 10.1. The molecule has 0 bridgehead atoms. The van der Waals surface area contributed by atoms with E-state index < -0.39 is 0 Å². The molecule has 1 aromatic heterocycles. The predicted molar refractivity (Wildman–Crippen MR) is 102 cm³/mol. The van der Waals surface area contributed by atoms with Gasteiger partial charge >= 0.3 is 0 Å². The molecule has 0 radical (unpaired) electrons. The van der Waals surface area contributed by atoms with Gasteiger partial charge in [-0.1, -0.05) is 34.5 Å². The summed E-state index contributed by atoms with van der Waals surface area (Å²) in [4.78, 5) is 16.9. The Balaban J connectivity index is 1.48. The summed E-state index contributed by atoms with van der Waals surface area (Å²) in [6.45, 7) is 0. The van der Waals surface area contributed by atoms with Crippen LogP contribution in [-0.4, -0.2) is 18.0 Å². The number of halogens is 2. The second kappa shape index (κ2) is 6.48. The number of carbonyl (C=O) groups excluding carboxylic acids is 1. The Morgan fingerprint density at radius 2 is 2.00 bits per heavy atom. The fourth-order valence-electron chi connectivity index (χ4n) is 2.93. The molecule has 3 aromatic rings. The van der Waals surface area contributed by atoms with E-state index in [9.17, 15) is 4.79 Å². The van der Waals surface area contributed by atoms with Crippen molar-refractivity contribution in [2.75, 3.05) is 12.4 Å². The van der Waals surface area contributed by atoms with Crippen molar-refractivity contribution in [1.82, 2.24) is 4.98 Å². The van der Waals surface area contributed by atoms with Gasteiger partial charge in [0.2, 0.25) is 5.91 Å². The van der Waals surface area contributed by atoms with E-state index in [-0.39, 0.29) is 17.7 Å². The zero-order valence-corrected chi connectivity index (χ0v) is 15.6. The normalized spacial score (nSPS) is 19.0. The first kappa shape index (κ1) is 16.6. The summed E-state index contributed by atoms with van der Waals surface area (Å²) < 4.78 is 6.19. The monoisotopic (exact) mass is 392 g/mol. The molecule has 4 nitrogen and oxygen atoms in total. The molecule has 0 saturated heterocycles. The molecule has 0 spiro atoms. The van der Waals surface area contributed by atoms with E-state index in [0.29, 0.717) is 15.2 Å². The van der Waals surface area contributed by atoms with E-state index in [1.54, 1.807) is 13.2 Å². The van der Waals surface area contributed by atoms with Crippen molar-refractivity contribution in [1.29, 1.82) is 0 Å². The molecular weight excluding hydrogens is 379 g/mol. The fraction of sp³-hybridized carbons (Fsp3) is 0.222. The highest BCUT2D eigenvalue weighted by molar-refractivity contribution is 7.22. The van der Waals surface area contributed by atoms with Crippen molar-refractivity contribution in [2.24, 2.45) is 5.92 Å². The van der Waals surface area contributed by atoms with Crippen LogP contribution < -0.4 is 10.1 Å². The standard InChI is InChI=1S/C18H14Cl2N2O2S/c1-24-12-2-3-15-16(7-12)25-18(21-15)22-17(23)14-8-13(14)9-4-10(19)6-11(20)5-9/h2-7,13-14H,8H2,1H3,(H,21,22,23)/t13-,14+/m0/s1. The number of fused-ring (bicyclic) bond motifs is 1. The van der Waals surface area contributed by atoms with E-state index >= 15 is 0 Å². The number of benzene rings is 2. The SMILES string of the molecule is COc1ccc2nc(NC(=O)[C@@H]3C[C@H]3c3cc(Cl)cc(Cl)c3)sc2c1. The molecule has 0 aliphatic heterocycles. The maximum Gasteiger partial charge on any atom is 0.229 e. The number of thiazole rings is 1. The number of carbonyl (C=O) groups is 1. The zero-order valence-electron chi connectivity index (χ0n) is 13.3. The Morgan fingerprint density at radius 1 is 1.24 bits per heavy atom. The van der Waals surface area contributed by atoms with Gasteiger partial charge in [-0.05, 0) is 54.3 Å². The van der Waals surface area contributed by atoms with Crippen molar-refractivity contribution < 1.29 is 9.53 Å². The van der Waals surface area contributed by atoms with E-state index in [0.717, 1.165) is 28.0 Å². The summed E-state index contributed by atoms with van der Waals surface area (Å²) in [5.41, 5.74) is 1.85. The molecule has 128 valence electrons. The highest BCUT2D eigenvalue weighted by atomic mass is 35.5. The van der Waals surface area contributed by atoms with E-state index in [1.807, 2.05) is 30.3 Å². The van der Waals surface area contributed by atoms with Gasteiger partial charge in [0.25, 0.3) is 0 Å². The number of nitrogens with one attached hydrogen (secondary N) is 1. The van der Waals surface area contributed by atoms with Gasteiger partial charge in [-0.25, -0.2) is 4.98 Å². The lowest BCUT2D eigenvalue weighted by molar-refractivity contribution is -0.117. The molecule has 1 N–H and O–H groups in total. The van der Waals surface area contributed by atoms with Crippen LogP contribution in [0.2, 0.25) is 10.0 Å². The maximum atomic E-state index is 12.5. The van der Waals surface area contributed by atoms with Crippen LogP contribution in [0.1, 0.15) is 17.9 Å². The minimum atomic E-state index is -0.0731. The van der Waals surface area contributed by atoms with Crippen LogP contribution in [0.4, 0.5) is 5.13 Å². The average molecular weight is 393 g/mol. The molecule has 4 rings (SSSR count). The minimum absolute atomic E-state index is 0.0212. The van der Waals surface area contributed by atoms with E-state index in [1.165, 1.54) is 11.3 Å². The van der Waals surface area contributed by atoms with Crippen molar-refractivity contribution >= 4 is 55.8 Å². The second-order valence-electron chi connectivity index (χ2n) is 5.99. The van der Waals surface area contributed by atoms with Crippen molar-refractivity contribution in [3.63, 3.8) is 0 Å². The van der Waals surface area contributed by atoms with Crippen LogP contribution in [-0.2, 0) is 4.79 Å². The van der Waals surface area contributed by atoms with Crippen molar-refractivity contribution in [3.8, 4) is 5.75 Å². The average Bonchev–Trinajstić information content (AvgIpc) is 3.28. The van der Waals surface area contributed by atoms with Gasteiger partial charge in [0.15, 0.2) is 5.13 Å². The van der Waals surface area contributed by atoms with Crippen molar-refractivity contribution in [3.05, 3.63) is 52.0 Å². The number of amides is 1. The van der Waals surface area contributed by atoms with Gasteiger partial charge in [0, 0.05) is 16.0 Å². The Kier molecular flexibility index (Phi) is 4.31. The van der Waals surface area contributed by atoms with E-state index in [2.05, 4.69) is 10.3 Å². The molecular formula is C18H14Cl2N2O2S. The first-order valence-corrected chi connectivity index (χ1v) is 9.32. The lowest BCUT2D eigenvalue weighted by Gasteiger charge is -2.03. The molecule has 1 fully saturated rings. The van der Waals surface area contributed by atoms with Gasteiger partial charge in [0.05, 0.1) is 17.3 Å². The number of methoxy groups -OCH3 is 1. The predicted octanol–water partition coefficient (Wildman–Crippen LogP) is 5.35. The summed E-state index contributed by atoms with van der Waals surface area (Å²) >= 11 is 13.5. The van der Waals surface area contributed by atoms with Gasteiger partial charge < -0.3 is 10.1 Å². The second-order valence-corrected chi connectivity index (χ2v) is 7.90. The summed E-state index contributed by atoms with van der Waals surface area (Å²) in [6, 6.07) is 11.1. The largest absolute Gasteiger partial charge is 0.497 e. The maximum absolute atomic E-state index is 12.5. The summed E-state index contributed by atoms with van der Waals surface area (Å²) in [5.74, 6) is 0.836. The summed E-state index contributed by atoms with van der Waals surface area (Å²) in [5, 5.41) is 4.70. The van der Waals surface area contributed by atoms with Crippen LogP contribution in [0.5, 0.6) is 5.75 Å². The first-order valence-electron chi connectivity index (χ1n) is 7.75. The number of nitrogens with zero attached hydrogens (tertiary/aromatic N) is 1. The number of hydrogen-bond acceptors (Lipinski definition) is 4. The highest BCUT2D eigenvalue weighted by Crippen LogP contribution is 2.49. The Labute approximate surface area is 158 Å². The van der Waals surface area contributed by atoms with Crippen LogP contribution in [0.3, 0.4) is 0 Å². The first-order chi connectivity index (χ1) is 12.0. The number of ether oxygens (including phenoxy) is 1. The summed E-state index contributed by atoms with van der Waals surface area (Å²) in [6.07, 6.45) is 0.793. The molecule has 1 amide bonds. The highest BCUT2D eigenvalue weighted by Gasteiger charge is 2.44. The topological polar surface area (TPSA) is 51.2 Å². The lowest BCUT2D eigenvalue weighted by Crippen LogP contribution is -2.14. The molecule has 7 heteroatoms. The van der Waals surface area contributed by atoms with Gasteiger partial charge in [-0.15, -0.1) is 0 Å². The molecule has 1 saturated carbocycles. The third-order valence-corrected chi connectivity index (χ3v) is 5.64. The number of rotatable bonds is 4. The smallest absolute Gasteiger partial charge is 0.229 e. The summed E-state index contributed by atoms with van der Waals surface area (Å²) in [7, 11) is 1.63. The Morgan fingerprint density at radius 3 is 2.72 bits per heavy atom. The van der Waals surface area contributed by atoms with Crippen molar-refractivity contribution in [2.45, 2.75) is 12.3 Å². The molecule has 1 heterocycles. The van der Waals surface area contributed by atoms with Gasteiger partial charge in [0.1, 0.15) is 5.75 Å². The third-order valence-electron chi connectivity index (χ3n) is 4.27. The number of hydrogen-bond donors (Lipinski definition) is 1. The third kappa shape index (κ3) is 3.45. The quantitative estimate of drug-likeness (QED) is 0.650. The van der Waals surface area contributed by atoms with Crippen LogP contribution in [0.15, 0.2) is 36.4 Å². The Bertz CT molecular complexity index is 953. The number of aromatic nitrogens is 1. The van der Waals surface area contributed by atoms with Crippen LogP contribution in [0.25, 0.3) is 10.2 Å². The van der Waals surface area contributed by atoms with Crippen LogP contribution in [0, 0.1) is 5.92 Å². The molecule has 2 atom stereocenters. The molecule has 1 aliphatic carbocycles.